The molecule has 0 unspecified atom stereocenters. The van der Waals surface area contributed by atoms with Crippen LogP contribution in [0.1, 0.15) is 28.7 Å². The van der Waals surface area contributed by atoms with Crippen molar-refractivity contribution in [1.29, 1.82) is 0 Å². The fourth-order valence-corrected chi connectivity index (χ4v) is 3.18. The number of phenols is 1. The molecule has 0 aliphatic heterocycles. The van der Waals surface area contributed by atoms with Crippen molar-refractivity contribution in [2.24, 2.45) is 0 Å². The molecule has 0 aliphatic rings. The molecule has 0 atom stereocenters. The van der Waals surface area contributed by atoms with E-state index in [1.165, 1.54) is 34.9 Å². The van der Waals surface area contributed by atoms with E-state index in [1.54, 1.807) is 0 Å². The zero-order valence-electron chi connectivity index (χ0n) is 12.0. The topological polar surface area (TPSA) is 54.6 Å². The van der Waals surface area contributed by atoms with Gasteiger partial charge < -0.3 is 5.11 Å². The van der Waals surface area contributed by atoms with Gasteiger partial charge in [-0.05, 0) is 46.6 Å². The monoisotopic (exact) mass is 396 g/mol. The third kappa shape index (κ3) is 2.72. The molecule has 2 heterocycles. The van der Waals surface area contributed by atoms with Gasteiger partial charge in [-0.3, -0.25) is 9.20 Å². The molecule has 3 rings (SSSR count). The number of hydrogen-bond acceptors (Lipinski definition) is 3. The summed E-state index contributed by atoms with van der Waals surface area (Å²) in [7, 11) is 0. The fraction of sp³-hybridized carbons (Fsp3) is 0.125. The molecule has 0 saturated heterocycles. The molecule has 1 aromatic carbocycles. The molecule has 0 bridgehead atoms. The third-order valence-corrected chi connectivity index (χ3v) is 4.38. The van der Waals surface area contributed by atoms with Crippen molar-refractivity contribution in [1.82, 2.24) is 9.38 Å². The van der Waals surface area contributed by atoms with Crippen LogP contribution in [0.2, 0.25) is 5.02 Å². The smallest absolute Gasteiger partial charge is 0.211 e. The van der Waals surface area contributed by atoms with Crippen molar-refractivity contribution in [3.8, 4) is 5.75 Å². The number of carbonyl (C=O) groups excluding carboxylic acids is 1. The number of ketones is 1. The maximum absolute atomic E-state index is 13.6. The predicted octanol–water partition coefficient (Wildman–Crippen LogP) is 4.39. The Kier molecular flexibility index (Phi) is 4.12. The Balaban J connectivity index is 2.23. The van der Waals surface area contributed by atoms with Gasteiger partial charge in [0.15, 0.2) is 0 Å². The molecule has 0 fully saturated rings. The quantitative estimate of drug-likeness (QED) is 0.667. The number of carbonyl (C=O) groups is 1. The number of rotatable bonds is 3. The summed E-state index contributed by atoms with van der Waals surface area (Å²) < 4.78 is 15.3. The van der Waals surface area contributed by atoms with Crippen LogP contribution in [-0.4, -0.2) is 20.3 Å². The number of aromatic hydroxyl groups is 1. The fourth-order valence-electron chi connectivity index (χ4n) is 2.39. The van der Waals surface area contributed by atoms with E-state index in [0.717, 1.165) is 0 Å². The van der Waals surface area contributed by atoms with Crippen molar-refractivity contribution in [2.75, 3.05) is 0 Å². The largest absolute Gasteiger partial charge is 0.505 e. The van der Waals surface area contributed by atoms with Crippen LogP contribution in [0.5, 0.6) is 5.75 Å². The lowest BCUT2D eigenvalue weighted by atomic mass is 10.1. The molecule has 1 N–H and O–H groups in total. The highest BCUT2D eigenvalue weighted by Gasteiger charge is 2.21. The number of benzene rings is 1. The maximum atomic E-state index is 13.6. The predicted molar refractivity (Wildman–Crippen MR) is 88.8 cm³/mol. The van der Waals surface area contributed by atoms with E-state index in [9.17, 15) is 14.3 Å². The van der Waals surface area contributed by atoms with Crippen LogP contribution in [-0.2, 0) is 6.42 Å². The van der Waals surface area contributed by atoms with Gasteiger partial charge in [-0.1, -0.05) is 18.5 Å². The number of hydrogen-bond donors (Lipinski definition) is 1. The normalized spacial score (nSPS) is 11.1. The average Bonchev–Trinajstić information content (AvgIpc) is 2.89. The van der Waals surface area contributed by atoms with Crippen molar-refractivity contribution < 1.29 is 14.3 Å². The zero-order chi connectivity index (χ0) is 16.7. The number of aryl methyl sites for hydroxylation is 1. The number of imidazole rings is 1. The summed E-state index contributed by atoms with van der Waals surface area (Å²) >= 11 is 9.08. The van der Waals surface area contributed by atoms with Crippen LogP contribution in [0.15, 0.2) is 34.9 Å². The van der Waals surface area contributed by atoms with E-state index in [-0.39, 0.29) is 27.8 Å². The molecular weight excluding hydrogens is 387 g/mol. The van der Waals surface area contributed by atoms with Crippen LogP contribution in [0.3, 0.4) is 0 Å². The second-order valence-corrected chi connectivity index (χ2v) is 6.22. The summed E-state index contributed by atoms with van der Waals surface area (Å²) in [5, 5.41) is 9.75. The highest BCUT2D eigenvalue weighted by atomic mass is 79.9. The van der Waals surface area contributed by atoms with Crippen LogP contribution in [0.4, 0.5) is 4.39 Å². The molecule has 23 heavy (non-hydrogen) atoms. The summed E-state index contributed by atoms with van der Waals surface area (Å²) in [4.78, 5) is 17.2. The summed E-state index contributed by atoms with van der Waals surface area (Å²) in [6.07, 6.45) is 1.75. The minimum absolute atomic E-state index is 0.0563. The average molecular weight is 398 g/mol. The van der Waals surface area contributed by atoms with E-state index < -0.39 is 5.82 Å². The molecule has 3 aromatic rings. The van der Waals surface area contributed by atoms with Crippen LogP contribution < -0.4 is 0 Å². The van der Waals surface area contributed by atoms with E-state index in [4.69, 9.17) is 11.6 Å². The molecule has 0 saturated carbocycles. The van der Waals surface area contributed by atoms with Gasteiger partial charge in [0.05, 0.1) is 15.2 Å². The minimum atomic E-state index is -0.462. The second-order valence-electron chi connectivity index (χ2n) is 4.95. The molecular formula is C16H11BrClFN2O2. The Morgan fingerprint density at radius 3 is 2.83 bits per heavy atom. The Morgan fingerprint density at radius 2 is 2.17 bits per heavy atom. The zero-order valence-corrected chi connectivity index (χ0v) is 14.3. The summed E-state index contributed by atoms with van der Waals surface area (Å²) in [6.45, 7) is 1.87. The highest BCUT2D eigenvalue weighted by Crippen LogP contribution is 2.34. The number of pyridine rings is 1. The number of halogens is 3. The molecule has 0 radical (unpaired) electrons. The molecule has 2 aromatic heterocycles. The van der Waals surface area contributed by atoms with Gasteiger partial charge in [-0.25, -0.2) is 9.37 Å². The van der Waals surface area contributed by atoms with Gasteiger partial charge in [0.1, 0.15) is 22.9 Å². The van der Waals surface area contributed by atoms with Gasteiger partial charge in [0, 0.05) is 11.8 Å². The van der Waals surface area contributed by atoms with Crippen LogP contribution in [0, 0.1) is 5.82 Å². The van der Waals surface area contributed by atoms with E-state index in [0.29, 0.717) is 22.2 Å². The Morgan fingerprint density at radius 1 is 1.43 bits per heavy atom. The van der Waals surface area contributed by atoms with Crippen LogP contribution in [0.25, 0.3) is 5.65 Å². The Labute approximate surface area is 144 Å². The van der Waals surface area contributed by atoms with Gasteiger partial charge in [-0.15, -0.1) is 0 Å². The Hall–Kier alpha value is -1.92. The second kappa shape index (κ2) is 5.94. The molecule has 7 heteroatoms. The third-order valence-electron chi connectivity index (χ3n) is 3.48. The first kappa shape index (κ1) is 16.0. The van der Waals surface area contributed by atoms with E-state index in [1.807, 2.05) is 6.92 Å². The van der Waals surface area contributed by atoms with Gasteiger partial charge in [0.2, 0.25) is 5.78 Å². The van der Waals surface area contributed by atoms with Gasteiger partial charge >= 0.3 is 0 Å². The lowest BCUT2D eigenvalue weighted by molar-refractivity contribution is 0.103. The number of fused-ring (bicyclic) bond motifs is 1. The summed E-state index contributed by atoms with van der Waals surface area (Å²) in [5.41, 5.74) is 1.63. The van der Waals surface area contributed by atoms with Crippen molar-refractivity contribution >= 4 is 39.0 Å². The van der Waals surface area contributed by atoms with Crippen molar-refractivity contribution in [3.05, 3.63) is 62.7 Å². The van der Waals surface area contributed by atoms with Crippen molar-refractivity contribution in [3.63, 3.8) is 0 Å². The number of nitrogens with zero attached hydrogens (tertiary/aromatic N) is 2. The molecule has 0 aliphatic carbocycles. The highest BCUT2D eigenvalue weighted by molar-refractivity contribution is 9.10. The molecule has 4 nitrogen and oxygen atoms in total. The van der Waals surface area contributed by atoms with E-state index in [2.05, 4.69) is 20.9 Å². The summed E-state index contributed by atoms with van der Waals surface area (Å²) in [6, 6.07) is 5.67. The Bertz CT molecular complexity index is 916. The first-order valence-corrected chi connectivity index (χ1v) is 7.98. The van der Waals surface area contributed by atoms with Gasteiger partial charge in [0.25, 0.3) is 0 Å². The minimum Gasteiger partial charge on any atom is -0.505 e. The van der Waals surface area contributed by atoms with Crippen LogP contribution >= 0.6 is 27.5 Å². The number of aromatic nitrogens is 2. The number of phenolic OH excluding ortho intramolecular Hbond substituents is 1. The summed E-state index contributed by atoms with van der Waals surface area (Å²) in [5.74, 6) is -0.942. The maximum Gasteiger partial charge on any atom is 0.211 e. The van der Waals surface area contributed by atoms with Crippen molar-refractivity contribution in [2.45, 2.75) is 13.3 Å². The lowest BCUT2D eigenvalue weighted by Gasteiger charge is -2.07. The lowest BCUT2D eigenvalue weighted by Crippen LogP contribution is -2.08. The molecule has 0 amide bonds. The first-order valence-electron chi connectivity index (χ1n) is 6.81. The van der Waals surface area contributed by atoms with E-state index >= 15 is 0 Å². The molecule has 118 valence electrons. The first-order chi connectivity index (χ1) is 10.9. The van der Waals surface area contributed by atoms with Gasteiger partial charge in [-0.2, -0.15) is 0 Å². The SMILES string of the molecule is CCc1nc2ccc(F)cn2c1C(=O)c1cc(Cl)c(O)c(Br)c1. The standard InChI is InChI=1S/C16H11BrClFN2O2/c1-2-12-14(21-7-9(19)3-4-13(21)20-12)15(22)8-5-10(17)16(23)11(18)6-8/h3-7,23H,2H2,1H3. The molecule has 0 spiro atoms.